The van der Waals surface area contributed by atoms with Gasteiger partial charge in [-0.2, -0.15) is 8.42 Å². The number of hydrogen-bond donors (Lipinski definition) is 1. The van der Waals surface area contributed by atoms with E-state index in [0.717, 1.165) is 24.3 Å². The average Bonchev–Trinajstić information content (AvgIpc) is 2.36. The van der Waals surface area contributed by atoms with E-state index in [1.54, 1.807) is 0 Å². The van der Waals surface area contributed by atoms with Crippen LogP contribution < -0.4 is 0 Å². The topological polar surface area (TPSA) is 107 Å². The van der Waals surface area contributed by atoms with E-state index in [-0.39, 0.29) is 16.5 Å². The zero-order valence-corrected chi connectivity index (χ0v) is 10.6. The molecule has 0 bridgehead atoms. The molecule has 0 aliphatic heterocycles. The molecule has 100 valence electrons. The summed E-state index contributed by atoms with van der Waals surface area (Å²) < 4.78 is 27.7. The van der Waals surface area contributed by atoms with Crippen LogP contribution in [-0.4, -0.2) is 37.0 Å². The van der Waals surface area contributed by atoms with Gasteiger partial charge in [-0.15, -0.1) is 11.6 Å². The fraction of sp³-hybridized carbons (Fsp3) is 0.333. The quantitative estimate of drug-likeness (QED) is 0.362. The third-order valence-corrected chi connectivity index (χ3v) is 3.58. The number of nitro groups is 1. The van der Waals surface area contributed by atoms with Crippen molar-refractivity contribution < 1.29 is 22.6 Å². The van der Waals surface area contributed by atoms with E-state index in [2.05, 4.69) is 4.18 Å². The summed E-state index contributed by atoms with van der Waals surface area (Å²) in [5, 5.41) is 19.5. The maximum Gasteiger partial charge on any atom is 0.297 e. The summed E-state index contributed by atoms with van der Waals surface area (Å²) in [4.78, 5) is 9.52. The van der Waals surface area contributed by atoms with Gasteiger partial charge in [0.2, 0.25) is 0 Å². The monoisotopic (exact) mass is 295 g/mol. The normalized spacial score (nSPS) is 13.2. The van der Waals surface area contributed by atoms with Gasteiger partial charge in [0, 0.05) is 12.1 Å². The standard InChI is InChI=1S/C9H10ClNO6S/c10-5-8(12)6-17-18(15,16)9-3-1-7(2-4-9)11(13)14/h1-4,8,12H,5-6H2/t8-/m1/s1. The minimum absolute atomic E-state index is 0.157. The van der Waals surface area contributed by atoms with Crippen molar-refractivity contribution in [1.82, 2.24) is 0 Å². The van der Waals surface area contributed by atoms with Gasteiger partial charge in [-0.25, -0.2) is 0 Å². The number of hydrogen-bond acceptors (Lipinski definition) is 6. The lowest BCUT2D eigenvalue weighted by atomic mass is 10.3. The minimum Gasteiger partial charge on any atom is -0.389 e. The first kappa shape index (κ1) is 14.8. The number of alkyl halides is 1. The molecule has 1 rings (SSSR count). The summed E-state index contributed by atoms with van der Waals surface area (Å²) in [5.74, 6) is -0.157. The van der Waals surface area contributed by atoms with Crippen molar-refractivity contribution >= 4 is 27.4 Å². The van der Waals surface area contributed by atoms with Gasteiger partial charge in [-0.3, -0.25) is 14.3 Å². The number of rotatable bonds is 6. The Kier molecular flexibility index (Phi) is 5.03. The van der Waals surface area contributed by atoms with E-state index in [9.17, 15) is 18.5 Å². The highest BCUT2D eigenvalue weighted by atomic mass is 35.5. The predicted molar refractivity (Wildman–Crippen MR) is 63.0 cm³/mol. The van der Waals surface area contributed by atoms with Crippen LogP contribution in [0.3, 0.4) is 0 Å². The number of halogens is 1. The summed E-state index contributed by atoms with van der Waals surface area (Å²) in [6, 6.07) is 4.21. The lowest BCUT2D eigenvalue weighted by molar-refractivity contribution is -0.384. The first-order valence-electron chi connectivity index (χ1n) is 4.74. The first-order chi connectivity index (χ1) is 8.36. The van der Waals surface area contributed by atoms with Gasteiger partial charge < -0.3 is 5.11 Å². The van der Waals surface area contributed by atoms with Gasteiger partial charge in [-0.1, -0.05) is 0 Å². The molecule has 0 aliphatic carbocycles. The Morgan fingerprint density at radius 1 is 1.39 bits per heavy atom. The van der Waals surface area contributed by atoms with Gasteiger partial charge in [0.15, 0.2) is 0 Å². The smallest absolute Gasteiger partial charge is 0.297 e. The first-order valence-corrected chi connectivity index (χ1v) is 6.69. The molecule has 7 nitrogen and oxygen atoms in total. The molecular weight excluding hydrogens is 286 g/mol. The fourth-order valence-electron chi connectivity index (χ4n) is 1.02. The van der Waals surface area contributed by atoms with Crippen LogP contribution in [-0.2, 0) is 14.3 Å². The summed E-state index contributed by atoms with van der Waals surface area (Å²) in [6.07, 6.45) is -1.10. The van der Waals surface area contributed by atoms with Crippen molar-refractivity contribution in [3.63, 3.8) is 0 Å². The highest BCUT2D eigenvalue weighted by Gasteiger charge is 2.18. The number of nitrogens with zero attached hydrogens (tertiary/aromatic N) is 1. The van der Waals surface area contributed by atoms with Crippen LogP contribution in [0.15, 0.2) is 29.2 Å². The van der Waals surface area contributed by atoms with Crippen LogP contribution in [0.25, 0.3) is 0 Å². The number of non-ortho nitro benzene ring substituents is 1. The molecule has 1 aromatic carbocycles. The van der Waals surface area contributed by atoms with Crippen molar-refractivity contribution in [3.8, 4) is 0 Å². The molecule has 0 heterocycles. The van der Waals surface area contributed by atoms with E-state index in [0.29, 0.717) is 0 Å². The minimum atomic E-state index is -4.05. The predicted octanol–water partition coefficient (Wildman–Crippen LogP) is 0.900. The van der Waals surface area contributed by atoms with Crippen LogP contribution in [0.4, 0.5) is 5.69 Å². The van der Waals surface area contributed by atoms with E-state index < -0.39 is 27.8 Å². The Bertz CT molecular complexity index is 514. The third-order valence-electron chi connectivity index (χ3n) is 1.93. The molecular formula is C9H10ClNO6S. The number of aliphatic hydroxyl groups is 1. The van der Waals surface area contributed by atoms with Crippen molar-refractivity contribution in [2.45, 2.75) is 11.0 Å². The molecule has 0 radical (unpaired) electrons. The molecule has 0 amide bonds. The molecule has 0 saturated heterocycles. The second-order valence-corrected chi connectivity index (χ2v) is 5.22. The van der Waals surface area contributed by atoms with Crippen LogP contribution in [0.5, 0.6) is 0 Å². The van der Waals surface area contributed by atoms with Gasteiger partial charge in [0.1, 0.15) is 0 Å². The maximum absolute atomic E-state index is 11.6. The van der Waals surface area contributed by atoms with E-state index in [4.69, 9.17) is 16.7 Å². The maximum atomic E-state index is 11.6. The molecule has 9 heteroatoms. The molecule has 1 N–H and O–H groups in total. The number of aliphatic hydroxyl groups excluding tert-OH is 1. The zero-order valence-electron chi connectivity index (χ0n) is 9.02. The molecule has 0 aromatic heterocycles. The van der Waals surface area contributed by atoms with Crippen molar-refractivity contribution in [1.29, 1.82) is 0 Å². The number of nitro benzene ring substituents is 1. The van der Waals surface area contributed by atoms with E-state index in [1.165, 1.54) is 0 Å². The summed E-state index contributed by atoms with van der Waals surface area (Å²) in [5.41, 5.74) is -0.227. The summed E-state index contributed by atoms with van der Waals surface area (Å²) >= 11 is 5.28. The molecule has 0 unspecified atom stereocenters. The second kappa shape index (κ2) is 6.10. The Hall–Kier alpha value is -1.22. The summed E-state index contributed by atoms with van der Waals surface area (Å²) in [7, 11) is -4.05. The Morgan fingerprint density at radius 3 is 2.39 bits per heavy atom. The molecule has 18 heavy (non-hydrogen) atoms. The Labute approximate surface area is 108 Å². The molecule has 0 saturated carbocycles. The van der Waals surface area contributed by atoms with Gasteiger partial charge >= 0.3 is 0 Å². The van der Waals surface area contributed by atoms with Crippen LogP contribution in [0.2, 0.25) is 0 Å². The third kappa shape index (κ3) is 3.91. The molecule has 1 aromatic rings. The second-order valence-electron chi connectivity index (χ2n) is 3.30. The van der Waals surface area contributed by atoms with Crippen molar-refractivity contribution in [3.05, 3.63) is 34.4 Å². The van der Waals surface area contributed by atoms with Gasteiger partial charge in [-0.05, 0) is 12.1 Å². The van der Waals surface area contributed by atoms with Crippen LogP contribution in [0, 0.1) is 10.1 Å². The average molecular weight is 296 g/mol. The molecule has 0 fully saturated rings. The lowest BCUT2D eigenvalue weighted by Crippen LogP contribution is -2.20. The van der Waals surface area contributed by atoms with E-state index in [1.807, 2.05) is 0 Å². The highest BCUT2D eigenvalue weighted by molar-refractivity contribution is 7.86. The Balaban J connectivity index is 2.82. The summed E-state index contributed by atoms with van der Waals surface area (Å²) in [6.45, 7) is -0.469. The Morgan fingerprint density at radius 2 is 1.94 bits per heavy atom. The van der Waals surface area contributed by atoms with Crippen LogP contribution in [0.1, 0.15) is 0 Å². The van der Waals surface area contributed by atoms with E-state index >= 15 is 0 Å². The number of benzene rings is 1. The van der Waals surface area contributed by atoms with Crippen LogP contribution >= 0.6 is 11.6 Å². The lowest BCUT2D eigenvalue weighted by Gasteiger charge is -2.08. The van der Waals surface area contributed by atoms with Crippen molar-refractivity contribution in [2.75, 3.05) is 12.5 Å². The molecule has 0 spiro atoms. The zero-order chi connectivity index (χ0) is 13.8. The molecule has 0 aliphatic rings. The SMILES string of the molecule is O=[N+]([O-])c1ccc(S(=O)(=O)OC[C@H](O)CCl)cc1. The van der Waals surface area contributed by atoms with Gasteiger partial charge in [0.25, 0.3) is 15.8 Å². The largest absolute Gasteiger partial charge is 0.389 e. The fourth-order valence-corrected chi connectivity index (χ4v) is 2.05. The van der Waals surface area contributed by atoms with Crippen molar-refractivity contribution in [2.24, 2.45) is 0 Å². The molecule has 1 atom stereocenters. The van der Waals surface area contributed by atoms with Gasteiger partial charge in [0.05, 0.1) is 28.4 Å². The highest BCUT2D eigenvalue weighted by Crippen LogP contribution is 2.17.